The summed E-state index contributed by atoms with van der Waals surface area (Å²) in [7, 11) is 1.57. The number of hydrogen-bond donors (Lipinski definition) is 2. The lowest BCUT2D eigenvalue weighted by molar-refractivity contribution is 0.0916. The van der Waals surface area contributed by atoms with E-state index in [1.807, 2.05) is 0 Å². The van der Waals surface area contributed by atoms with E-state index in [2.05, 4.69) is 5.32 Å². The summed E-state index contributed by atoms with van der Waals surface area (Å²) in [5.74, 6) is 0.426. The molecule has 110 valence electrons. The SMILES string of the molecule is COc1ccc(C(=O)NC(CO)c2ccc(Cl)cc2)cc1. The number of aliphatic hydroxyl groups excluding tert-OH is 1. The Balaban J connectivity index is 2.10. The van der Waals surface area contributed by atoms with Crippen molar-refractivity contribution in [2.24, 2.45) is 0 Å². The minimum absolute atomic E-state index is 0.191. The fraction of sp³-hybridized carbons (Fsp3) is 0.188. The minimum Gasteiger partial charge on any atom is -0.497 e. The summed E-state index contributed by atoms with van der Waals surface area (Å²) in [5.41, 5.74) is 1.30. The molecule has 21 heavy (non-hydrogen) atoms. The molecule has 0 aromatic heterocycles. The van der Waals surface area contributed by atoms with Crippen molar-refractivity contribution in [3.8, 4) is 5.75 Å². The van der Waals surface area contributed by atoms with E-state index in [1.165, 1.54) is 0 Å². The Morgan fingerprint density at radius 3 is 2.33 bits per heavy atom. The quantitative estimate of drug-likeness (QED) is 0.893. The monoisotopic (exact) mass is 305 g/mol. The number of carbonyl (C=O) groups excluding carboxylic acids is 1. The number of aliphatic hydroxyl groups is 1. The summed E-state index contributed by atoms with van der Waals surface area (Å²) in [6.45, 7) is -0.191. The van der Waals surface area contributed by atoms with Gasteiger partial charge < -0.3 is 15.2 Å². The predicted molar refractivity (Wildman–Crippen MR) is 81.7 cm³/mol. The van der Waals surface area contributed by atoms with Crippen LogP contribution in [0.1, 0.15) is 22.0 Å². The van der Waals surface area contributed by atoms with Crippen LogP contribution in [0.2, 0.25) is 5.02 Å². The van der Waals surface area contributed by atoms with Crippen molar-refractivity contribution in [2.75, 3.05) is 13.7 Å². The van der Waals surface area contributed by atoms with Gasteiger partial charge in [0.2, 0.25) is 0 Å². The first-order valence-corrected chi connectivity index (χ1v) is 6.83. The zero-order valence-electron chi connectivity index (χ0n) is 11.5. The van der Waals surface area contributed by atoms with Gasteiger partial charge in [0.15, 0.2) is 0 Å². The lowest BCUT2D eigenvalue weighted by Gasteiger charge is -2.17. The van der Waals surface area contributed by atoms with Crippen LogP contribution in [0, 0.1) is 0 Å². The highest BCUT2D eigenvalue weighted by atomic mass is 35.5. The van der Waals surface area contributed by atoms with E-state index in [0.29, 0.717) is 16.3 Å². The van der Waals surface area contributed by atoms with Crippen molar-refractivity contribution in [2.45, 2.75) is 6.04 Å². The zero-order valence-corrected chi connectivity index (χ0v) is 12.3. The van der Waals surface area contributed by atoms with Crippen LogP contribution in [0.4, 0.5) is 0 Å². The molecule has 2 rings (SSSR count). The fourth-order valence-electron chi connectivity index (χ4n) is 1.91. The van der Waals surface area contributed by atoms with Gasteiger partial charge in [0, 0.05) is 10.6 Å². The normalized spacial score (nSPS) is 11.8. The van der Waals surface area contributed by atoms with Crippen molar-refractivity contribution in [1.82, 2.24) is 5.32 Å². The first-order valence-electron chi connectivity index (χ1n) is 6.45. The molecule has 1 atom stereocenters. The van der Waals surface area contributed by atoms with Crippen LogP contribution in [-0.2, 0) is 0 Å². The lowest BCUT2D eigenvalue weighted by Crippen LogP contribution is -2.30. The predicted octanol–water partition coefficient (Wildman–Crippen LogP) is 2.81. The van der Waals surface area contributed by atoms with Gasteiger partial charge in [-0.05, 0) is 42.0 Å². The number of nitrogens with one attached hydrogen (secondary N) is 1. The lowest BCUT2D eigenvalue weighted by atomic mass is 10.1. The topological polar surface area (TPSA) is 58.6 Å². The Labute approximate surface area is 128 Å². The van der Waals surface area contributed by atoms with Gasteiger partial charge in [-0.15, -0.1) is 0 Å². The average molecular weight is 306 g/mol. The number of halogens is 1. The van der Waals surface area contributed by atoms with Crippen molar-refractivity contribution >= 4 is 17.5 Å². The maximum Gasteiger partial charge on any atom is 0.251 e. The second-order valence-electron chi connectivity index (χ2n) is 4.49. The van der Waals surface area contributed by atoms with Crippen LogP contribution in [0.3, 0.4) is 0 Å². The van der Waals surface area contributed by atoms with Crippen LogP contribution in [0.15, 0.2) is 48.5 Å². The molecule has 0 spiro atoms. The van der Waals surface area contributed by atoms with Gasteiger partial charge in [-0.3, -0.25) is 4.79 Å². The van der Waals surface area contributed by atoms with E-state index in [1.54, 1.807) is 55.6 Å². The number of amides is 1. The molecule has 0 aliphatic rings. The van der Waals surface area contributed by atoms with E-state index in [9.17, 15) is 9.90 Å². The molecule has 0 saturated carbocycles. The zero-order chi connectivity index (χ0) is 15.2. The molecule has 1 amide bonds. The molecular weight excluding hydrogens is 290 g/mol. The maximum absolute atomic E-state index is 12.2. The number of methoxy groups -OCH3 is 1. The van der Waals surface area contributed by atoms with Crippen LogP contribution in [0.25, 0.3) is 0 Å². The first kappa shape index (κ1) is 15.4. The highest BCUT2D eigenvalue weighted by Gasteiger charge is 2.15. The number of ether oxygens (including phenoxy) is 1. The molecule has 2 aromatic carbocycles. The van der Waals surface area contributed by atoms with Gasteiger partial charge >= 0.3 is 0 Å². The summed E-state index contributed by atoms with van der Waals surface area (Å²) in [6, 6.07) is 13.3. The van der Waals surface area contributed by atoms with E-state index < -0.39 is 6.04 Å². The van der Waals surface area contributed by atoms with Crippen LogP contribution >= 0.6 is 11.6 Å². The fourth-order valence-corrected chi connectivity index (χ4v) is 2.04. The Kier molecular flexibility index (Phi) is 5.20. The first-order chi connectivity index (χ1) is 10.1. The average Bonchev–Trinajstić information content (AvgIpc) is 2.53. The molecular formula is C16H16ClNO3. The molecule has 0 aliphatic carbocycles. The number of benzene rings is 2. The van der Waals surface area contributed by atoms with E-state index in [-0.39, 0.29) is 12.5 Å². The van der Waals surface area contributed by atoms with Crippen molar-refractivity contribution < 1.29 is 14.6 Å². The summed E-state index contributed by atoms with van der Waals surface area (Å²) in [4.78, 5) is 12.2. The summed E-state index contributed by atoms with van der Waals surface area (Å²) in [5, 5.41) is 12.9. The van der Waals surface area contributed by atoms with Gasteiger partial charge in [0.1, 0.15) is 5.75 Å². The second-order valence-corrected chi connectivity index (χ2v) is 4.93. The van der Waals surface area contributed by atoms with Gasteiger partial charge in [-0.1, -0.05) is 23.7 Å². The molecule has 0 aliphatic heterocycles. The van der Waals surface area contributed by atoms with E-state index in [4.69, 9.17) is 16.3 Å². The number of rotatable bonds is 5. The Morgan fingerprint density at radius 2 is 1.81 bits per heavy atom. The molecule has 1 unspecified atom stereocenters. The molecule has 0 fully saturated rings. The van der Waals surface area contributed by atoms with Gasteiger partial charge in [-0.2, -0.15) is 0 Å². The van der Waals surface area contributed by atoms with Crippen molar-refractivity contribution in [3.63, 3.8) is 0 Å². The second kappa shape index (κ2) is 7.11. The number of carbonyl (C=O) groups is 1. The highest BCUT2D eigenvalue weighted by Crippen LogP contribution is 2.17. The summed E-state index contributed by atoms with van der Waals surface area (Å²) < 4.78 is 5.05. The molecule has 5 heteroatoms. The Morgan fingerprint density at radius 1 is 1.19 bits per heavy atom. The molecule has 2 N–H and O–H groups in total. The van der Waals surface area contributed by atoms with E-state index in [0.717, 1.165) is 5.56 Å². The Hall–Kier alpha value is -2.04. The van der Waals surface area contributed by atoms with Crippen molar-refractivity contribution in [1.29, 1.82) is 0 Å². The van der Waals surface area contributed by atoms with Crippen LogP contribution in [-0.4, -0.2) is 24.7 Å². The third kappa shape index (κ3) is 3.97. The molecule has 2 aromatic rings. The van der Waals surface area contributed by atoms with Gasteiger partial charge in [0.25, 0.3) is 5.91 Å². The number of hydrogen-bond acceptors (Lipinski definition) is 3. The van der Waals surface area contributed by atoms with Gasteiger partial charge in [0.05, 0.1) is 19.8 Å². The molecule has 0 radical (unpaired) electrons. The van der Waals surface area contributed by atoms with E-state index >= 15 is 0 Å². The third-order valence-corrected chi connectivity index (χ3v) is 3.36. The molecule has 0 bridgehead atoms. The summed E-state index contributed by atoms with van der Waals surface area (Å²) in [6.07, 6.45) is 0. The summed E-state index contributed by atoms with van der Waals surface area (Å²) >= 11 is 5.83. The smallest absolute Gasteiger partial charge is 0.251 e. The molecule has 0 heterocycles. The third-order valence-electron chi connectivity index (χ3n) is 3.11. The molecule has 0 saturated heterocycles. The Bertz CT molecular complexity index is 596. The maximum atomic E-state index is 12.2. The van der Waals surface area contributed by atoms with Crippen LogP contribution < -0.4 is 10.1 Å². The van der Waals surface area contributed by atoms with Crippen LogP contribution in [0.5, 0.6) is 5.75 Å². The van der Waals surface area contributed by atoms with Crippen molar-refractivity contribution in [3.05, 3.63) is 64.7 Å². The highest BCUT2D eigenvalue weighted by molar-refractivity contribution is 6.30. The largest absolute Gasteiger partial charge is 0.497 e. The minimum atomic E-state index is -0.475. The molecule has 4 nitrogen and oxygen atoms in total. The standard InChI is InChI=1S/C16H16ClNO3/c1-21-14-8-4-12(5-9-14)16(20)18-15(10-19)11-2-6-13(17)7-3-11/h2-9,15,19H,10H2,1H3,(H,18,20). The van der Waals surface area contributed by atoms with Gasteiger partial charge in [-0.25, -0.2) is 0 Å².